The van der Waals surface area contributed by atoms with Gasteiger partial charge in [-0.15, -0.1) is 11.3 Å². The van der Waals surface area contributed by atoms with Crippen LogP contribution in [0.2, 0.25) is 0 Å². The summed E-state index contributed by atoms with van der Waals surface area (Å²) in [6.07, 6.45) is 0. The summed E-state index contributed by atoms with van der Waals surface area (Å²) in [4.78, 5) is 16.9. The monoisotopic (exact) mass is 367 g/mol. The van der Waals surface area contributed by atoms with Crippen LogP contribution in [0.4, 0.5) is 16.5 Å². The van der Waals surface area contributed by atoms with Crippen molar-refractivity contribution in [3.8, 4) is 5.75 Å². The number of hydrogen-bond acceptors (Lipinski definition) is 5. The summed E-state index contributed by atoms with van der Waals surface area (Å²) in [7, 11) is 1.63. The van der Waals surface area contributed by atoms with E-state index in [1.54, 1.807) is 12.5 Å². The molecule has 0 aliphatic carbocycles. The Morgan fingerprint density at radius 3 is 2.46 bits per heavy atom. The smallest absolute Gasteiger partial charge is 0.275 e. The molecule has 0 aliphatic heterocycles. The topological polar surface area (TPSA) is 63.2 Å². The van der Waals surface area contributed by atoms with E-state index in [1.165, 1.54) is 11.3 Å². The van der Waals surface area contributed by atoms with Gasteiger partial charge in [-0.05, 0) is 61.7 Å². The Kier molecular flexibility index (Phi) is 5.23. The number of carbonyl (C=O) groups is 1. The predicted molar refractivity (Wildman–Crippen MR) is 107 cm³/mol. The first-order valence-corrected chi connectivity index (χ1v) is 9.09. The van der Waals surface area contributed by atoms with E-state index in [0.717, 1.165) is 33.8 Å². The van der Waals surface area contributed by atoms with Crippen LogP contribution in [0.15, 0.2) is 41.8 Å². The fourth-order valence-electron chi connectivity index (χ4n) is 2.71. The van der Waals surface area contributed by atoms with Crippen molar-refractivity contribution in [1.29, 1.82) is 0 Å². The third-order valence-electron chi connectivity index (χ3n) is 3.81. The first-order valence-electron chi connectivity index (χ1n) is 8.21. The van der Waals surface area contributed by atoms with E-state index in [-0.39, 0.29) is 5.91 Å². The van der Waals surface area contributed by atoms with Gasteiger partial charge in [-0.3, -0.25) is 4.79 Å². The van der Waals surface area contributed by atoms with Crippen LogP contribution in [-0.4, -0.2) is 18.0 Å². The molecule has 0 unspecified atom stereocenters. The van der Waals surface area contributed by atoms with E-state index in [4.69, 9.17) is 4.74 Å². The normalized spacial score (nSPS) is 10.5. The largest absolute Gasteiger partial charge is 0.495 e. The molecule has 5 nitrogen and oxygen atoms in total. The van der Waals surface area contributed by atoms with Crippen molar-refractivity contribution < 1.29 is 9.53 Å². The molecule has 2 N–H and O–H groups in total. The highest BCUT2D eigenvalue weighted by Gasteiger charge is 2.13. The van der Waals surface area contributed by atoms with Gasteiger partial charge < -0.3 is 15.4 Å². The zero-order valence-electron chi connectivity index (χ0n) is 15.2. The summed E-state index contributed by atoms with van der Waals surface area (Å²) in [6.45, 7) is 6.01. The second kappa shape index (κ2) is 7.58. The summed E-state index contributed by atoms with van der Waals surface area (Å²) in [5.41, 5.74) is 5.29. The van der Waals surface area contributed by atoms with Gasteiger partial charge in [0.25, 0.3) is 5.91 Å². The van der Waals surface area contributed by atoms with Crippen LogP contribution in [-0.2, 0) is 0 Å². The Labute approximate surface area is 157 Å². The van der Waals surface area contributed by atoms with E-state index < -0.39 is 0 Å². The molecule has 26 heavy (non-hydrogen) atoms. The number of aryl methyl sites for hydroxylation is 3. The third-order valence-corrected chi connectivity index (χ3v) is 4.57. The fraction of sp³-hybridized carbons (Fsp3) is 0.200. The van der Waals surface area contributed by atoms with E-state index in [9.17, 15) is 4.79 Å². The number of aromatic nitrogens is 1. The number of ether oxygens (including phenoxy) is 1. The number of hydrogen-bond donors (Lipinski definition) is 2. The van der Waals surface area contributed by atoms with Crippen LogP contribution in [0.5, 0.6) is 5.75 Å². The maximum absolute atomic E-state index is 12.5. The van der Waals surface area contributed by atoms with Gasteiger partial charge in [0.15, 0.2) is 5.13 Å². The van der Waals surface area contributed by atoms with E-state index in [1.807, 2.05) is 51.1 Å². The Bertz CT molecular complexity index is 930. The van der Waals surface area contributed by atoms with Gasteiger partial charge in [0.1, 0.15) is 11.4 Å². The molecule has 1 aromatic heterocycles. The molecule has 0 saturated heterocycles. The number of methoxy groups -OCH3 is 1. The summed E-state index contributed by atoms with van der Waals surface area (Å²) in [6, 6.07) is 11.8. The van der Waals surface area contributed by atoms with Crippen LogP contribution < -0.4 is 15.4 Å². The van der Waals surface area contributed by atoms with Gasteiger partial charge >= 0.3 is 0 Å². The van der Waals surface area contributed by atoms with Crippen molar-refractivity contribution in [3.63, 3.8) is 0 Å². The number of amides is 1. The van der Waals surface area contributed by atoms with Crippen molar-refractivity contribution in [1.82, 2.24) is 4.98 Å². The maximum Gasteiger partial charge on any atom is 0.275 e. The second-order valence-corrected chi connectivity index (χ2v) is 7.06. The lowest BCUT2D eigenvalue weighted by Gasteiger charge is -2.09. The van der Waals surface area contributed by atoms with E-state index in [2.05, 4.69) is 21.7 Å². The molecule has 1 amide bonds. The number of nitrogens with one attached hydrogen (secondary N) is 2. The molecule has 0 saturated carbocycles. The van der Waals surface area contributed by atoms with E-state index in [0.29, 0.717) is 10.8 Å². The molecule has 1 heterocycles. The number of nitrogens with zero attached hydrogens (tertiary/aromatic N) is 1. The van der Waals surface area contributed by atoms with Crippen LogP contribution in [0.25, 0.3) is 0 Å². The van der Waals surface area contributed by atoms with Crippen molar-refractivity contribution in [2.24, 2.45) is 0 Å². The van der Waals surface area contributed by atoms with Gasteiger partial charge in [-0.2, -0.15) is 0 Å². The first-order chi connectivity index (χ1) is 12.4. The molecule has 6 heteroatoms. The molecule has 0 bridgehead atoms. The Morgan fingerprint density at radius 1 is 1.04 bits per heavy atom. The van der Waals surface area contributed by atoms with Gasteiger partial charge in [-0.1, -0.05) is 12.1 Å². The third kappa shape index (κ3) is 4.21. The van der Waals surface area contributed by atoms with Crippen LogP contribution >= 0.6 is 11.3 Å². The predicted octanol–water partition coefficient (Wildman–Crippen LogP) is 5.07. The molecule has 0 spiro atoms. The molecular formula is C20H21N3O2S. The summed E-state index contributed by atoms with van der Waals surface area (Å²) < 4.78 is 5.36. The van der Waals surface area contributed by atoms with Crippen molar-refractivity contribution in [2.75, 3.05) is 17.7 Å². The molecule has 2 aromatic carbocycles. The standard InChI is InChI=1S/C20H21N3O2S/c1-12-5-6-18(25-4)16(10-12)22-20-23-17(11-26-20)19(24)21-15-8-13(2)7-14(3)9-15/h5-11H,1-4H3,(H,21,24)(H,22,23). The van der Waals surface area contributed by atoms with Gasteiger partial charge in [0, 0.05) is 11.1 Å². The average molecular weight is 367 g/mol. The SMILES string of the molecule is COc1ccc(C)cc1Nc1nc(C(=O)Nc2cc(C)cc(C)c2)cs1. The second-order valence-electron chi connectivity index (χ2n) is 6.20. The van der Waals surface area contributed by atoms with Crippen LogP contribution in [0.1, 0.15) is 27.2 Å². The number of rotatable bonds is 5. The van der Waals surface area contributed by atoms with Crippen molar-refractivity contribution in [3.05, 3.63) is 64.2 Å². The lowest BCUT2D eigenvalue weighted by molar-refractivity contribution is 0.102. The highest BCUT2D eigenvalue weighted by atomic mass is 32.1. The summed E-state index contributed by atoms with van der Waals surface area (Å²) in [5, 5.41) is 8.50. The number of anilines is 3. The Balaban J connectivity index is 1.75. The van der Waals surface area contributed by atoms with Gasteiger partial charge in [0.2, 0.25) is 0 Å². The molecule has 0 fully saturated rings. The highest BCUT2D eigenvalue weighted by molar-refractivity contribution is 7.14. The van der Waals surface area contributed by atoms with E-state index >= 15 is 0 Å². The molecular weight excluding hydrogens is 346 g/mol. The minimum Gasteiger partial charge on any atom is -0.495 e. The minimum absolute atomic E-state index is 0.226. The molecule has 3 rings (SSSR count). The van der Waals surface area contributed by atoms with Gasteiger partial charge in [0.05, 0.1) is 12.8 Å². The van der Waals surface area contributed by atoms with Crippen molar-refractivity contribution in [2.45, 2.75) is 20.8 Å². The van der Waals surface area contributed by atoms with Crippen LogP contribution in [0, 0.1) is 20.8 Å². The zero-order chi connectivity index (χ0) is 18.7. The minimum atomic E-state index is -0.226. The zero-order valence-corrected chi connectivity index (χ0v) is 16.0. The van der Waals surface area contributed by atoms with Crippen LogP contribution in [0.3, 0.4) is 0 Å². The molecule has 0 radical (unpaired) electrons. The maximum atomic E-state index is 12.5. The number of carbonyl (C=O) groups excluding carboxylic acids is 1. The van der Waals surface area contributed by atoms with Crippen molar-refractivity contribution >= 4 is 33.8 Å². The number of thiazole rings is 1. The van der Waals surface area contributed by atoms with Gasteiger partial charge in [-0.25, -0.2) is 4.98 Å². The Morgan fingerprint density at radius 2 is 1.77 bits per heavy atom. The Hall–Kier alpha value is -2.86. The average Bonchev–Trinajstić information content (AvgIpc) is 3.03. The lowest BCUT2D eigenvalue weighted by atomic mass is 10.1. The highest BCUT2D eigenvalue weighted by Crippen LogP contribution is 2.30. The quantitative estimate of drug-likeness (QED) is 0.661. The number of benzene rings is 2. The summed E-state index contributed by atoms with van der Waals surface area (Å²) in [5.74, 6) is 0.502. The molecule has 3 aromatic rings. The summed E-state index contributed by atoms with van der Waals surface area (Å²) >= 11 is 1.38. The molecule has 0 aliphatic rings. The fourth-order valence-corrected chi connectivity index (χ4v) is 3.42. The molecule has 134 valence electrons. The first kappa shape index (κ1) is 17.9. The molecule has 0 atom stereocenters. The lowest BCUT2D eigenvalue weighted by Crippen LogP contribution is -2.12.